The van der Waals surface area contributed by atoms with Crippen molar-refractivity contribution in [3.8, 4) is 5.88 Å². The number of aromatic nitrogens is 1. The Morgan fingerprint density at radius 1 is 1.40 bits per heavy atom. The van der Waals surface area contributed by atoms with Gasteiger partial charge in [0.05, 0.1) is 12.8 Å². The van der Waals surface area contributed by atoms with Gasteiger partial charge >= 0.3 is 0 Å². The maximum absolute atomic E-state index is 13.3. The molecule has 0 spiro atoms. The van der Waals surface area contributed by atoms with Gasteiger partial charge in [-0.1, -0.05) is 19.3 Å². The van der Waals surface area contributed by atoms with E-state index in [-0.39, 0.29) is 11.4 Å². The number of nitrogens with zero attached hydrogens (tertiary/aromatic N) is 1. The minimum Gasteiger partial charge on any atom is -0.477 e. The summed E-state index contributed by atoms with van der Waals surface area (Å²) in [7, 11) is 0. The van der Waals surface area contributed by atoms with E-state index >= 15 is 0 Å². The summed E-state index contributed by atoms with van der Waals surface area (Å²) < 4.78 is 19.1. The average Bonchev–Trinajstić information content (AvgIpc) is 2.30. The Labute approximate surface area is 120 Å². The molecule has 2 rings (SSSR count). The van der Waals surface area contributed by atoms with Crippen LogP contribution >= 0.6 is 0 Å². The molecule has 1 aliphatic carbocycles. The van der Waals surface area contributed by atoms with Gasteiger partial charge in [-0.3, -0.25) is 0 Å². The topological polar surface area (TPSA) is 34.2 Å². The maximum atomic E-state index is 13.3. The Balaban J connectivity index is 1.91. The van der Waals surface area contributed by atoms with E-state index in [1.807, 2.05) is 0 Å². The Hall–Kier alpha value is -1.16. The molecule has 112 valence electrons. The van der Waals surface area contributed by atoms with E-state index in [0.717, 1.165) is 17.9 Å². The number of hydrogen-bond acceptors (Lipinski definition) is 3. The molecule has 0 saturated heterocycles. The number of pyridine rings is 1. The predicted octanol–water partition coefficient (Wildman–Crippen LogP) is 3.68. The lowest BCUT2D eigenvalue weighted by Crippen LogP contribution is -2.35. The number of rotatable bonds is 6. The maximum Gasteiger partial charge on any atom is 0.218 e. The molecule has 3 nitrogen and oxygen atoms in total. The van der Waals surface area contributed by atoms with Crippen LogP contribution in [0.4, 0.5) is 4.39 Å². The molecule has 0 atom stereocenters. The highest BCUT2D eigenvalue weighted by Crippen LogP contribution is 2.29. The van der Waals surface area contributed by atoms with Crippen molar-refractivity contribution in [1.29, 1.82) is 0 Å². The second-order valence-electron chi connectivity index (χ2n) is 6.66. The van der Waals surface area contributed by atoms with E-state index < -0.39 is 0 Å². The van der Waals surface area contributed by atoms with E-state index in [2.05, 4.69) is 31.1 Å². The largest absolute Gasteiger partial charge is 0.477 e. The van der Waals surface area contributed by atoms with Gasteiger partial charge in [0.15, 0.2) is 0 Å². The second-order valence-corrected chi connectivity index (χ2v) is 6.66. The van der Waals surface area contributed by atoms with Gasteiger partial charge in [-0.05, 0) is 39.2 Å². The van der Waals surface area contributed by atoms with Crippen molar-refractivity contribution in [2.45, 2.75) is 58.5 Å². The lowest BCUT2D eigenvalue weighted by Gasteiger charge is -2.25. The minimum atomic E-state index is -0.318. The average molecular weight is 280 g/mol. The summed E-state index contributed by atoms with van der Waals surface area (Å²) in [6.45, 7) is 7.48. The fraction of sp³-hybridized carbons (Fsp3) is 0.688. The van der Waals surface area contributed by atoms with E-state index in [1.54, 1.807) is 0 Å². The van der Waals surface area contributed by atoms with Crippen LogP contribution in [0, 0.1) is 11.7 Å². The van der Waals surface area contributed by atoms with Crippen LogP contribution in [-0.4, -0.2) is 17.1 Å². The Bertz CT molecular complexity index is 439. The molecule has 1 N–H and O–H groups in total. The third kappa shape index (κ3) is 4.75. The van der Waals surface area contributed by atoms with Gasteiger partial charge in [0.2, 0.25) is 5.88 Å². The van der Waals surface area contributed by atoms with Gasteiger partial charge in [-0.2, -0.15) is 0 Å². The van der Waals surface area contributed by atoms with Crippen molar-refractivity contribution >= 4 is 0 Å². The molecule has 1 heterocycles. The standard InChI is InChI=1S/C16H25FN2O/c1-16(2,3)19-10-13-9-14(17)11-18-15(13)20-8-7-12-5-4-6-12/h9,11-12,19H,4-8,10H2,1-3H3. The summed E-state index contributed by atoms with van der Waals surface area (Å²) in [5.41, 5.74) is 0.767. The summed E-state index contributed by atoms with van der Waals surface area (Å²) in [6.07, 6.45) is 6.28. The van der Waals surface area contributed by atoms with E-state index in [4.69, 9.17) is 4.74 Å². The van der Waals surface area contributed by atoms with Gasteiger partial charge in [0, 0.05) is 17.6 Å². The van der Waals surface area contributed by atoms with E-state index in [0.29, 0.717) is 19.0 Å². The SMILES string of the molecule is CC(C)(C)NCc1cc(F)cnc1OCCC1CCC1. The van der Waals surface area contributed by atoms with Gasteiger partial charge < -0.3 is 10.1 Å². The first kappa shape index (κ1) is 15.2. The molecule has 0 amide bonds. The zero-order valence-electron chi connectivity index (χ0n) is 12.7. The van der Waals surface area contributed by atoms with Gasteiger partial charge in [0.1, 0.15) is 5.82 Å². The fourth-order valence-corrected chi connectivity index (χ4v) is 2.19. The van der Waals surface area contributed by atoms with E-state index in [1.165, 1.54) is 31.5 Å². The molecule has 0 bridgehead atoms. The first-order valence-electron chi connectivity index (χ1n) is 7.46. The summed E-state index contributed by atoms with van der Waals surface area (Å²) in [4.78, 5) is 4.08. The zero-order chi connectivity index (χ0) is 14.6. The quantitative estimate of drug-likeness (QED) is 0.863. The highest BCUT2D eigenvalue weighted by Gasteiger charge is 2.18. The molecule has 20 heavy (non-hydrogen) atoms. The lowest BCUT2D eigenvalue weighted by atomic mass is 9.83. The van der Waals surface area contributed by atoms with Crippen molar-refractivity contribution in [2.24, 2.45) is 5.92 Å². The number of halogens is 1. The van der Waals surface area contributed by atoms with Crippen LogP contribution in [0.3, 0.4) is 0 Å². The molecule has 1 aromatic heterocycles. The zero-order valence-corrected chi connectivity index (χ0v) is 12.7. The highest BCUT2D eigenvalue weighted by atomic mass is 19.1. The minimum absolute atomic E-state index is 0.0183. The molecule has 0 unspecified atom stereocenters. The lowest BCUT2D eigenvalue weighted by molar-refractivity contribution is 0.215. The van der Waals surface area contributed by atoms with Crippen molar-refractivity contribution in [3.63, 3.8) is 0 Å². The Morgan fingerprint density at radius 2 is 2.15 bits per heavy atom. The van der Waals surface area contributed by atoms with Crippen molar-refractivity contribution in [3.05, 3.63) is 23.6 Å². The molecular formula is C16H25FN2O. The van der Waals surface area contributed by atoms with Crippen LogP contribution in [0.5, 0.6) is 5.88 Å². The normalized spacial score (nSPS) is 16.0. The summed E-state index contributed by atoms with van der Waals surface area (Å²) in [5, 5.41) is 3.34. The van der Waals surface area contributed by atoms with Crippen LogP contribution < -0.4 is 10.1 Å². The molecule has 1 saturated carbocycles. The molecule has 0 aromatic carbocycles. The molecule has 1 fully saturated rings. The molecular weight excluding hydrogens is 255 g/mol. The predicted molar refractivity (Wildman–Crippen MR) is 78.2 cm³/mol. The van der Waals surface area contributed by atoms with Crippen LogP contribution in [0.1, 0.15) is 52.0 Å². The monoisotopic (exact) mass is 280 g/mol. The van der Waals surface area contributed by atoms with Crippen molar-refractivity contribution in [2.75, 3.05) is 6.61 Å². The third-order valence-electron chi connectivity index (χ3n) is 3.69. The molecule has 0 radical (unpaired) electrons. The Kier molecular flexibility index (Phi) is 4.97. The van der Waals surface area contributed by atoms with Crippen LogP contribution in [-0.2, 0) is 6.54 Å². The van der Waals surface area contributed by atoms with Gasteiger partial charge in [-0.25, -0.2) is 9.37 Å². The number of nitrogens with one attached hydrogen (secondary N) is 1. The third-order valence-corrected chi connectivity index (χ3v) is 3.69. The molecule has 1 aliphatic rings. The first-order chi connectivity index (χ1) is 9.44. The van der Waals surface area contributed by atoms with Gasteiger partial charge in [0.25, 0.3) is 0 Å². The highest BCUT2D eigenvalue weighted by molar-refractivity contribution is 5.26. The molecule has 4 heteroatoms. The first-order valence-corrected chi connectivity index (χ1v) is 7.46. The van der Waals surface area contributed by atoms with Gasteiger partial charge in [-0.15, -0.1) is 0 Å². The summed E-state index contributed by atoms with van der Waals surface area (Å²) in [6, 6.07) is 1.50. The number of hydrogen-bond donors (Lipinski definition) is 1. The molecule has 0 aliphatic heterocycles. The van der Waals surface area contributed by atoms with Crippen molar-refractivity contribution in [1.82, 2.24) is 10.3 Å². The van der Waals surface area contributed by atoms with E-state index in [9.17, 15) is 4.39 Å². The summed E-state index contributed by atoms with van der Waals surface area (Å²) in [5.74, 6) is 1.05. The smallest absolute Gasteiger partial charge is 0.218 e. The van der Waals surface area contributed by atoms with Crippen LogP contribution in [0.2, 0.25) is 0 Å². The van der Waals surface area contributed by atoms with Crippen molar-refractivity contribution < 1.29 is 9.13 Å². The van der Waals surface area contributed by atoms with Crippen LogP contribution in [0.15, 0.2) is 12.3 Å². The Morgan fingerprint density at radius 3 is 2.75 bits per heavy atom. The fourth-order valence-electron chi connectivity index (χ4n) is 2.19. The van der Waals surface area contributed by atoms with Crippen LogP contribution in [0.25, 0.3) is 0 Å². The molecule has 1 aromatic rings. The second kappa shape index (κ2) is 6.53. The summed E-state index contributed by atoms with van der Waals surface area (Å²) >= 11 is 0. The number of ether oxygens (including phenoxy) is 1.